The number of nitrogens with two attached hydrogens (primary N) is 1. The lowest BCUT2D eigenvalue weighted by Gasteiger charge is -2.00. The number of fused-ring (bicyclic) bond motifs is 1. The van der Waals surface area contributed by atoms with Gasteiger partial charge in [-0.3, -0.25) is 10.1 Å². The second-order valence-electron chi connectivity index (χ2n) is 3.91. The van der Waals surface area contributed by atoms with E-state index in [1.807, 2.05) is 24.3 Å². The van der Waals surface area contributed by atoms with E-state index in [9.17, 15) is 4.79 Å². The number of amides is 1. The number of para-hydroxylation sites is 1. The van der Waals surface area contributed by atoms with Gasteiger partial charge in [0.15, 0.2) is 5.13 Å². The first kappa shape index (κ1) is 11.6. The van der Waals surface area contributed by atoms with Gasteiger partial charge in [-0.15, -0.1) is 0 Å². The van der Waals surface area contributed by atoms with Gasteiger partial charge in [0.2, 0.25) is 0 Å². The normalized spacial score (nSPS) is 10.5. The molecule has 1 aromatic carbocycles. The number of nitrogens with zero attached hydrogens (tertiary/aromatic N) is 2. The van der Waals surface area contributed by atoms with Gasteiger partial charge in [0.25, 0.3) is 5.91 Å². The number of nitrogen functional groups attached to an aromatic ring is 1. The average molecular weight is 270 g/mol. The second-order valence-corrected chi connectivity index (χ2v) is 4.94. The van der Waals surface area contributed by atoms with Crippen LogP contribution in [0.4, 0.5) is 10.9 Å². The maximum absolute atomic E-state index is 12.0. The van der Waals surface area contributed by atoms with Gasteiger partial charge in [-0.25, -0.2) is 9.97 Å². The molecule has 0 aliphatic heterocycles. The Bertz CT molecular complexity index is 703. The highest BCUT2D eigenvalue weighted by Gasteiger charge is 2.09. The van der Waals surface area contributed by atoms with Crippen molar-refractivity contribution >= 4 is 38.4 Å². The van der Waals surface area contributed by atoms with E-state index in [-0.39, 0.29) is 5.91 Å². The molecule has 0 aliphatic rings. The van der Waals surface area contributed by atoms with E-state index in [2.05, 4.69) is 15.3 Å². The number of nitrogens with one attached hydrogen (secondary N) is 1. The number of rotatable bonds is 2. The molecule has 3 aromatic rings. The third-order valence-electron chi connectivity index (χ3n) is 2.56. The minimum Gasteiger partial charge on any atom is -0.384 e. The summed E-state index contributed by atoms with van der Waals surface area (Å²) in [5.74, 6) is 0.142. The molecule has 1 amide bonds. The van der Waals surface area contributed by atoms with Crippen LogP contribution in [0.1, 0.15) is 10.4 Å². The third-order valence-corrected chi connectivity index (χ3v) is 3.51. The van der Waals surface area contributed by atoms with Crippen LogP contribution < -0.4 is 11.1 Å². The van der Waals surface area contributed by atoms with Gasteiger partial charge >= 0.3 is 0 Å². The molecule has 94 valence electrons. The lowest BCUT2D eigenvalue weighted by molar-refractivity contribution is 0.102. The van der Waals surface area contributed by atoms with Gasteiger partial charge in [0, 0.05) is 6.20 Å². The highest BCUT2D eigenvalue weighted by molar-refractivity contribution is 7.22. The van der Waals surface area contributed by atoms with Crippen LogP contribution in [0.5, 0.6) is 0 Å². The van der Waals surface area contributed by atoms with Crippen LogP contribution in [-0.4, -0.2) is 15.9 Å². The predicted molar refractivity (Wildman–Crippen MR) is 76.2 cm³/mol. The van der Waals surface area contributed by atoms with Crippen molar-refractivity contribution in [3.63, 3.8) is 0 Å². The Morgan fingerprint density at radius 3 is 2.79 bits per heavy atom. The minimum absolute atomic E-state index is 0.244. The first-order valence-corrected chi connectivity index (χ1v) is 6.42. The topological polar surface area (TPSA) is 80.9 Å². The summed E-state index contributed by atoms with van der Waals surface area (Å²) in [7, 11) is 0. The zero-order valence-electron chi connectivity index (χ0n) is 9.83. The Labute approximate surface area is 113 Å². The number of pyridine rings is 1. The maximum atomic E-state index is 12.0. The number of aromatic nitrogens is 2. The summed E-state index contributed by atoms with van der Waals surface area (Å²) in [6.45, 7) is 0. The molecule has 0 unspecified atom stereocenters. The van der Waals surface area contributed by atoms with Gasteiger partial charge in [-0.2, -0.15) is 0 Å². The molecule has 3 N–H and O–H groups in total. The summed E-state index contributed by atoms with van der Waals surface area (Å²) < 4.78 is 1.04. The van der Waals surface area contributed by atoms with Gasteiger partial charge in [0.05, 0.1) is 15.8 Å². The van der Waals surface area contributed by atoms with Crippen LogP contribution in [-0.2, 0) is 0 Å². The molecule has 5 nitrogen and oxygen atoms in total. The first-order chi connectivity index (χ1) is 9.22. The van der Waals surface area contributed by atoms with Crippen molar-refractivity contribution in [1.29, 1.82) is 0 Å². The number of anilines is 2. The fourth-order valence-corrected chi connectivity index (χ4v) is 2.50. The number of thiazole rings is 1. The third kappa shape index (κ3) is 2.38. The van der Waals surface area contributed by atoms with Crippen molar-refractivity contribution in [3.05, 3.63) is 48.2 Å². The van der Waals surface area contributed by atoms with Crippen LogP contribution in [0.3, 0.4) is 0 Å². The molecule has 0 saturated carbocycles. The predicted octanol–water partition coefficient (Wildman–Crippen LogP) is 2.53. The molecule has 0 fully saturated rings. The second kappa shape index (κ2) is 4.66. The largest absolute Gasteiger partial charge is 0.384 e. The molecule has 0 bridgehead atoms. The fourth-order valence-electron chi connectivity index (χ4n) is 1.63. The Morgan fingerprint density at radius 1 is 1.21 bits per heavy atom. The Kier molecular flexibility index (Phi) is 2.85. The highest BCUT2D eigenvalue weighted by atomic mass is 32.1. The van der Waals surface area contributed by atoms with Crippen LogP contribution >= 0.6 is 11.3 Å². The zero-order chi connectivity index (χ0) is 13.2. The summed E-state index contributed by atoms with van der Waals surface area (Å²) in [6.07, 6.45) is 1.44. The van der Waals surface area contributed by atoms with E-state index in [0.29, 0.717) is 16.5 Å². The molecule has 0 radical (unpaired) electrons. The summed E-state index contributed by atoms with van der Waals surface area (Å²) in [5, 5.41) is 3.33. The lowest BCUT2D eigenvalue weighted by atomic mass is 10.2. The monoisotopic (exact) mass is 270 g/mol. The molecule has 19 heavy (non-hydrogen) atoms. The van der Waals surface area contributed by atoms with Crippen molar-refractivity contribution in [1.82, 2.24) is 9.97 Å². The summed E-state index contributed by atoms with van der Waals surface area (Å²) >= 11 is 1.44. The van der Waals surface area contributed by atoms with E-state index >= 15 is 0 Å². The number of hydrogen-bond acceptors (Lipinski definition) is 5. The van der Waals surface area contributed by atoms with Crippen LogP contribution in [0.25, 0.3) is 10.2 Å². The van der Waals surface area contributed by atoms with Gasteiger partial charge in [0.1, 0.15) is 5.82 Å². The van der Waals surface area contributed by atoms with E-state index in [4.69, 9.17) is 5.73 Å². The van der Waals surface area contributed by atoms with E-state index < -0.39 is 0 Å². The van der Waals surface area contributed by atoms with Crippen molar-refractivity contribution in [3.8, 4) is 0 Å². The number of hydrogen-bond donors (Lipinski definition) is 2. The molecule has 0 spiro atoms. The van der Waals surface area contributed by atoms with Crippen LogP contribution in [0.2, 0.25) is 0 Å². The summed E-state index contributed by atoms with van der Waals surface area (Å²) in [6, 6.07) is 10.9. The average Bonchev–Trinajstić information content (AvgIpc) is 2.81. The van der Waals surface area contributed by atoms with E-state index in [1.54, 1.807) is 12.1 Å². The highest BCUT2D eigenvalue weighted by Crippen LogP contribution is 2.25. The van der Waals surface area contributed by atoms with Gasteiger partial charge in [-0.05, 0) is 24.3 Å². The van der Waals surface area contributed by atoms with E-state index in [0.717, 1.165) is 10.2 Å². The molecular formula is C13H10N4OS. The lowest BCUT2D eigenvalue weighted by Crippen LogP contribution is -2.12. The smallest absolute Gasteiger partial charge is 0.259 e. The van der Waals surface area contributed by atoms with Gasteiger partial charge < -0.3 is 5.73 Å². The first-order valence-electron chi connectivity index (χ1n) is 5.61. The quantitative estimate of drug-likeness (QED) is 0.749. The molecule has 6 heteroatoms. The molecule has 2 aromatic heterocycles. The SMILES string of the molecule is Nc1ccc(C(=O)Nc2nc3ccccc3s2)cn1. The van der Waals surface area contributed by atoms with Gasteiger partial charge in [-0.1, -0.05) is 23.5 Å². The molecule has 0 atom stereocenters. The van der Waals surface area contributed by atoms with Crippen LogP contribution in [0.15, 0.2) is 42.6 Å². The molecule has 3 rings (SSSR count). The van der Waals surface area contributed by atoms with Crippen molar-refractivity contribution < 1.29 is 4.79 Å². The number of carbonyl (C=O) groups excluding carboxylic acids is 1. The Hall–Kier alpha value is -2.47. The number of benzene rings is 1. The number of carbonyl (C=O) groups is 1. The molecule has 0 saturated heterocycles. The fraction of sp³-hybridized carbons (Fsp3) is 0. The van der Waals surface area contributed by atoms with Crippen molar-refractivity contribution in [2.75, 3.05) is 11.1 Å². The molecule has 0 aliphatic carbocycles. The summed E-state index contributed by atoms with van der Waals surface area (Å²) in [5.41, 5.74) is 6.80. The summed E-state index contributed by atoms with van der Waals surface area (Å²) in [4.78, 5) is 20.2. The maximum Gasteiger partial charge on any atom is 0.259 e. The zero-order valence-corrected chi connectivity index (χ0v) is 10.6. The van der Waals surface area contributed by atoms with Crippen LogP contribution in [0, 0.1) is 0 Å². The van der Waals surface area contributed by atoms with E-state index in [1.165, 1.54) is 17.5 Å². The van der Waals surface area contributed by atoms with Crippen molar-refractivity contribution in [2.45, 2.75) is 0 Å². The Balaban J connectivity index is 1.84. The van der Waals surface area contributed by atoms with Crippen molar-refractivity contribution in [2.24, 2.45) is 0 Å². The molecular weight excluding hydrogens is 260 g/mol. The standard InChI is InChI=1S/C13H10N4OS/c14-11-6-5-8(7-15-11)12(18)17-13-16-9-3-1-2-4-10(9)19-13/h1-7H,(H2,14,15)(H,16,17,18). The minimum atomic E-state index is -0.244. The molecule has 2 heterocycles. The Morgan fingerprint density at radius 2 is 2.05 bits per heavy atom.